The van der Waals surface area contributed by atoms with E-state index in [1.165, 1.54) is 25.7 Å². The molecular formula is C9H17O. The van der Waals surface area contributed by atoms with Gasteiger partial charge in [-0.1, -0.05) is 26.7 Å². The molecule has 0 amide bonds. The van der Waals surface area contributed by atoms with Crippen LogP contribution in [0.15, 0.2) is 0 Å². The average molecular weight is 141 g/mol. The molecule has 0 aromatic rings. The molecule has 0 aliphatic heterocycles. The van der Waals surface area contributed by atoms with Gasteiger partial charge in [0.05, 0.1) is 6.10 Å². The fourth-order valence-electron chi connectivity index (χ4n) is 1.83. The molecule has 1 atom stereocenters. The highest BCUT2D eigenvalue weighted by molar-refractivity contribution is 4.76. The summed E-state index contributed by atoms with van der Waals surface area (Å²) in [5.41, 5.74) is 0. The summed E-state index contributed by atoms with van der Waals surface area (Å²) in [5.74, 6) is 0.836. The highest BCUT2D eigenvalue weighted by atomic mass is 16.3. The molecule has 1 heteroatoms. The summed E-state index contributed by atoms with van der Waals surface area (Å²) in [6.07, 6.45) is 4.66. The van der Waals surface area contributed by atoms with Crippen molar-refractivity contribution < 1.29 is 5.11 Å². The van der Waals surface area contributed by atoms with Gasteiger partial charge in [-0.15, -0.1) is 0 Å². The summed E-state index contributed by atoms with van der Waals surface area (Å²) in [5, 5.41) is 11.4. The van der Waals surface area contributed by atoms with Crippen LogP contribution in [0.3, 0.4) is 0 Å². The van der Waals surface area contributed by atoms with Crippen molar-refractivity contribution in [1.29, 1.82) is 0 Å². The minimum atomic E-state index is -0.289. The molecular weight excluding hydrogens is 124 g/mol. The van der Waals surface area contributed by atoms with Crippen molar-refractivity contribution in [2.45, 2.75) is 45.6 Å². The normalized spacial score (nSPS) is 24.0. The lowest BCUT2D eigenvalue weighted by molar-refractivity contribution is 0.00295. The molecule has 1 rings (SSSR count). The Morgan fingerprint density at radius 3 is 2.10 bits per heavy atom. The Hall–Kier alpha value is -0.0400. The van der Waals surface area contributed by atoms with E-state index >= 15 is 0 Å². The molecule has 0 bridgehead atoms. The van der Waals surface area contributed by atoms with E-state index in [-0.39, 0.29) is 6.10 Å². The van der Waals surface area contributed by atoms with Crippen molar-refractivity contribution in [3.63, 3.8) is 0 Å². The van der Waals surface area contributed by atoms with E-state index in [1.54, 1.807) is 0 Å². The molecule has 1 nitrogen and oxygen atoms in total. The van der Waals surface area contributed by atoms with Crippen molar-refractivity contribution >= 4 is 0 Å². The predicted octanol–water partition coefficient (Wildman–Crippen LogP) is 2.63. The molecule has 1 unspecified atom stereocenters. The van der Waals surface area contributed by atoms with E-state index < -0.39 is 0 Å². The Morgan fingerprint density at radius 2 is 1.70 bits per heavy atom. The van der Waals surface area contributed by atoms with Crippen LogP contribution in [-0.4, -0.2) is 6.10 Å². The second-order valence-electron chi connectivity index (χ2n) is 3.75. The molecule has 1 aliphatic rings. The third-order valence-electron chi connectivity index (χ3n) is 2.52. The largest absolute Gasteiger partial charge is 0.233 e. The van der Waals surface area contributed by atoms with Crippen molar-refractivity contribution in [1.82, 2.24) is 0 Å². The lowest BCUT2D eigenvalue weighted by Crippen LogP contribution is -2.21. The van der Waals surface area contributed by atoms with Crippen LogP contribution in [0.1, 0.15) is 39.5 Å². The van der Waals surface area contributed by atoms with E-state index in [0.29, 0.717) is 11.8 Å². The first-order chi connectivity index (χ1) is 4.72. The fourth-order valence-corrected chi connectivity index (χ4v) is 1.83. The van der Waals surface area contributed by atoms with Gasteiger partial charge in [0.2, 0.25) is 0 Å². The third kappa shape index (κ3) is 1.72. The number of hydrogen-bond donors (Lipinski definition) is 0. The van der Waals surface area contributed by atoms with Gasteiger partial charge >= 0.3 is 0 Å². The van der Waals surface area contributed by atoms with E-state index in [2.05, 4.69) is 0 Å². The molecule has 1 radical (unpaired) electrons. The lowest BCUT2D eigenvalue weighted by Gasteiger charge is -2.18. The highest BCUT2D eigenvalue weighted by Gasteiger charge is 2.26. The maximum absolute atomic E-state index is 11.4. The smallest absolute Gasteiger partial charge is 0.0980 e. The van der Waals surface area contributed by atoms with Crippen LogP contribution in [0, 0.1) is 11.8 Å². The minimum absolute atomic E-state index is 0.289. The zero-order valence-electron chi connectivity index (χ0n) is 6.97. The molecule has 0 heterocycles. The number of rotatable bonds is 2. The van der Waals surface area contributed by atoms with Gasteiger partial charge in [-0.2, -0.15) is 0 Å². The quantitative estimate of drug-likeness (QED) is 0.563. The van der Waals surface area contributed by atoms with Crippen molar-refractivity contribution in [2.24, 2.45) is 11.8 Å². The van der Waals surface area contributed by atoms with Crippen LogP contribution >= 0.6 is 0 Å². The molecule has 1 saturated carbocycles. The van der Waals surface area contributed by atoms with E-state index in [1.807, 2.05) is 13.8 Å². The van der Waals surface area contributed by atoms with Crippen LogP contribution in [0.2, 0.25) is 0 Å². The Labute approximate surface area is 63.4 Å². The Bertz CT molecular complexity index is 92.9. The lowest BCUT2D eigenvalue weighted by atomic mass is 9.92. The van der Waals surface area contributed by atoms with Crippen LogP contribution in [0.4, 0.5) is 0 Å². The summed E-state index contributed by atoms with van der Waals surface area (Å²) < 4.78 is 0. The summed E-state index contributed by atoms with van der Waals surface area (Å²) >= 11 is 0. The first-order valence-electron chi connectivity index (χ1n) is 4.37. The summed E-state index contributed by atoms with van der Waals surface area (Å²) in [6.45, 7) is 4.08. The predicted molar refractivity (Wildman–Crippen MR) is 41.3 cm³/mol. The summed E-state index contributed by atoms with van der Waals surface area (Å²) in [6, 6.07) is 0. The Balaban J connectivity index is 2.32. The van der Waals surface area contributed by atoms with Gasteiger partial charge in [-0.25, -0.2) is 5.11 Å². The van der Waals surface area contributed by atoms with Crippen molar-refractivity contribution in [3.05, 3.63) is 0 Å². The van der Waals surface area contributed by atoms with Gasteiger partial charge < -0.3 is 0 Å². The molecule has 59 valence electrons. The van der Waals surface area contributed by atoms with Gasteiger partial charge in [-0.3, -0.25) is 0 Å². The summed E-state index contributed by atoms with van der Waals surface area (Å²) in [4.78, 5) is 0. The molecule has 1 aliphatic carbocycles. The molecule has 10 heavy (non-hydrogen) atoms. The molecule has 0 N–H and O–H groups in total. The zero-order valence-corrected chi connectivity index (χ0v) is 6.97. The van der Waals surface area contributed by atoms with Crippen LogP contribution in [0.5, 0.6) is 0 Å². The second-order valence-corrected chi connectivity index (χ2v) is 3.75. The second kappa shape index (κ2) is 3.38. The number of hydrogen-bond acceptors (Lipinski definition) is 0. The maximum Gasteiger partial charge on any atom is 0.0980 e. The van der Waals surface area contributed by atoms with Gasteiger partial charge in [0, 0.05) is 0 Å². The van der Waals surface area contributed by atoms with E-state index in [9.17, 15) is 5.11 Å². The third-order valence-corrected chi connectivity index (χ3v) is 2.52. The van der Waals surface area contributed by atoms with Gasteiger partial charge in [0.15, 0.2) is 0 Å². The Morgan fingerprint density at radius 1 is 1.20 bits per heavy atom. The molecule has 0 aromatic heterocycles. The molecule has 0 spiro atoms. The zero-order chi connectivity index (χ0) is 7.56. The monoisotopic (exact) mass is 141 g/mol. The van der Waals surface area contributed by atoms with Crippen LogP contribution in [0.25, 0.3) is 0 Å². The highest BCUT2D eigenvalue weighted by Crippen LogP contribution is 2.30. The van der Waals surface area contributed by atoms with E-state index in [4.69, 9.17) is 0 Å². The first-order valence-corrected chi connectivity index (χ1v) is 4.37. The minimum Gasteiger partial charge on any atom is -0.233 e. The Kier molecular flexibility index (Phi) is 2.72. The average Bonchev–Trinajstić information content (AvgIpc) is 2.36. The van der Waals surface area contributed by atoms with E-state index in [0.717, 1.165) is 0 Å². The topological polar surface area (TPSA) is 19.9 Å². The van der Waals surface area contributed by atoms with Gasteiger partial charge in [0.25, 0.3) is 0 Å². The van der Waals surface area contributed by atoms with Crippen LogP contribution < -0.4 is 0 Å². The molecule has 0 saturated heterocycles. The van der Waals surface area contributed by atoms with Gasteiger partial charge in [-0.05, 0) is 24.7 Å². The molecule has 1 fully saturated rings. The maximum atomic E-state index is 11.4. The fraction of sp³-hybridized carbons (Fsp3) is 1.00. The SMILES string of the molecule is CC(C)C([O])C1CCCC1. The van der Waals surface area contributed by atoms with Crippen molar-refractivity contribution in [2.75, 3.05) is 0 Å². The molecule has 0 aromatic carbocycles. The van der Waals surface area contributed by atoms with Crippen LogP contribution in [-0.2, 0) is 5.11 Å². The van der Waals surface area contributed by atoms with Crippen molar-refractivity contribution in [3.8, 4) is 0 Å². The van der Waals surface area contributed by atoms with Gasteiger partial charge in [0.1, 0.15) is 0 Å². The summed E-state index contributed by atoms with van der Waals surface area (Å²) in [7, 11) is 0. The standard InChI is InChI=1S/C9H17O/c1-7(2)9(10)8-5-3-4-6-8/h7-9H,3-6H2,1-2H3. The first kappa shape index (κ1) is 8.06.